The minimum absolute atomic E-state index is 0.0220. The van der Waals surface area contributed by atoms with E-state index in [9.17, 15) is 18.8 Å². The number of benzene rings is 2. The minimum atomic E-state index is -0.541. The first-order valence-electron chi connectivity index (χ1n) is 10.4. The van der Waals surface area contributed by atoms with Crippen molar-refractivity contribution >= 4 is 23.5 Å². The van der Waals surface area contributed by atoms with Crippen LogP contribution < -0.4 is 10.6 Å². The van der Waals surface area contributed by atoms with Crippen molar-refractivity contribution in [1.29, 1.82) is 0 Å². The Balaban J connectivity index is 1.60. The number of anilines is 1. The fourth-order valence-corrected chi connectivity index (χ4v) is 3.44. The molecule has 164 valence electrons. The van der Waals surface area contributed by atoms with Crippen LogP contribution in [0.25, 0.3) is 0 Å². The maximum absolute atomic E-state index is 14.0. The normalized spacial score (nSPS) is 14.2. The number of nitrogens with one attached hydrogen (secondary N) is 2. The number of halogens is 1. The molecule has 1 fully saturated rings. The van der Waals surface area contributed by atoms with Crippen LogP contribution in [0.2, 0.25) is 0 Å². The van der Waals surface area contributed by atoms with Gasteiger partial charge in [0.25, 0.3) is 11.8 Å². The van der Waals surface area contributed by atoms with Crippen LogP contribution in [0.15, 0.2) is 48.5 Å². The van der Waals surface area contributed by atoms with Gasteiger partial charge in [0, 0.05) is 43.5 Å². The maximum atomic E-state index is 14.0. The third-order valence-corrected chi connectivity index (χ3v) is 4.98. The summed E-state index contributed by atoms with van der Waals surface area (Å²) in [7, 11) is 0. The lowest BCUT2D eigenvalue weighted by Crippen LogP contribution is -2.37. The summed E-state index contributed by atoms with van der Waals surface area (Å²) in [6, 6.07) is 12.3. The molecule has 0 unspecified atom stereocenters. The van der Waals surface area contributed by atoms with Crippen LogP contribution in [0.4, 0.5) is 14.9 Å². The fraction of sp³-hybridized carbons (Fsp3) is 0.348. The van der Waals surface area contributed by atoms with Crippen molar-refractivity contribution in [3.8, 4) is 0 Å². The molecule has 0 radical (unpaired) electrons. The van der Waals surface area contributed by atoms with Crippen molar-refractivity contribution in [3.63, 3.8) is 0 Å². The van der Waals surface area contributed by atoms with Gasteiger partial charge in [-0.2, -0.15) is 0 Å². The van der Waals surface area contributed by atoms with Gasteiger partial charge in [-0.05, 0) is 56.7 Å². The zero-order chi connectivity index (χ0) is 22.4. The van der Waals surface area contributed by atoms with E-state index < -0.39 is 5.82 Å². The summed E-state index contributed by atoms with van der Waals surface area (Å²) in [5.74, 6) is -1.04. The highest BCUT2D eigenvalue weighted by Crippen LogP contribution is 2.16. The Morgan fingerprint density at radius 1 is 0.871 bits per heavy atom. The number of nitrogens with zero attached hydrogens (tertiary/aromatic N) is 2. The van der Waals surface area contributed by atoms with Crippen molar-refractivity contribution in [3.05, 3.63) is 65.5 Å². The monoisotopic (exact) mass is 426 g/mol. The van der Waals surface area contributed by atoms with E-state index in [1.54, 1.807) is 46.2 Å². The molecule has 0 atom stereocenters. The summed E-state index contributed by atoms with van der Waals surface area (Å²) in [6.45, 7) is 5.42. The molecule has 2 aromatic rings. The van der Waals surface area contributed by atoms with Gasteiger partial charge in [-0.3, -0.25) is 9.59 Å². The molecule has 2 N–H and O–H groups in total. The second-order valence-corrected chi connectivity index (χ2v) is 7.75. The standard InChI is InChI=1S/C23H27FN4O3/c1-16(2)25-23(31)26-18-10-8-17(9-11-18)21(29)27-12-5-13-28(15-14-27)22(30)19-6-3-4-7-20(19)24/h3-4,6-11,16H,5,12-15H2,1-2H3,(H2,25,26,31). The van der Waals surface area contributed by atoms with Crippen molar-refractivity contribution in [2.24, 2.45) is 0 Å². The van der Waals surface area contributed by atoms with Gasteiger partial charge >= 0.3 is 6.03 Å². The lowest BCUT2D eigenvalue weighted by atomic mass is 10.1. The van der Waals surface area contributed by atoms with Crippen molar-refractivity contribution in [2.75, 3.05) is 31.5 Å². The smallest absolute Gasteiger partial charge is 0.319 e. The van der Waals surface area contributed by atoms with Crippen LogP contribution in [0.3, 0.4) is 0 Å². The first-order valence-corrected chi connectivity index (χ1v) is 10.4. The molecule has 1 saturated heterocycles. The van der Waals surface area contributed by atoms with Gasteiger partial charge in [0.05, 0.1) is 5.56 Å². The zero-order valence-corrected chi connectivity index (χ0v) is 17.7. The number of hydrogen-bond acceptors (Lipinski definition) is 3. The highest BCUT2D eigenvalue weighted by Gasteiger charge is 2.24. The molecule has 2 aromatic carbocycles. The average molecular weight is 426 g/mol. The minimum Gasteiger partial charge on any atom is -0.337 e. The number of carbonyl (C=O) groups is 3. The van der Waals surface area contributed by atoms with E-state index in [-0.39, 0.29) is 29.5 Å². The fourth-order valence-electron chi connectivity index (χ4n) is 3.44. The number of urea groups is 1. The van der Waals surface area contributed by atoms with E-state index in [1.807, 2.05) is 13.8 Å². The largest absolute Gasteiger partial charge is 0.337 e. The lowest BCUT2D eigenvalue weighted by Gasteiger charge is -2.22. The van der Waals surface area contributed by atoms with Gasteiger partial charge in [0.2, 0.25) is 0 Å². The van der Waals surface area contributed by atoms with Gasteiger partial charge in [-0.15, -0.1) is 0 Å². The van der Waals surface area contributed by atoms with Crippen LogP contribution in [0, 0.1) is 5.82 Å². The highest BCUT2D eigenvalue weighted by atomic mass is 19.1. The molecule has 1 heterocycles. The molecular formula is C23H27FN4O3. The van der Waals surface area contributed by atoms with E-state index >= 15 is 0 Å². The third-order valence-electron chi connectivity index (χ3n) is 4.98. The molecule has 8 heteroatoms. The van der Waals surface area contributed by atoms with Crippen LogP contribution in [-0.2, 0) is 0 Å². The predicted molar refractivity (Wildman–Crippen MR) is 117 cm³/mol. The number of amides is 4. The van der Waals surface area contributed by atoms with Crippen LogP contribution in [-0.4, -0.2) is 59.9 Å². The lowest BCUT2D eigenvalue weighted by molar-refractivity contribution is 0.0716. The molecule has 1 aliphatic rings. The summed E-state index contributed by atoms with van der Waals surface area (Å²) in [4.78, 5) is 40.6. The Bertz CT molecular complexity index is 946. The average Bonchev–Trinajstić information content (AvgIpc) is 2.99. The maximum Gasteiger partial charge on any atom is 0.319 e. The molecule has 0 spiro atoms. The Kier molecular flexibility index (Phi) is 7.23. The quantitative estimate of drug-likeness (QED) is 0.787. The highest BCUT2D eigenvalue weighted by molar-refractivity contribution is 5.96. The molecule has 31 heavy (non-hydrogen) atoms. The summed E-state index contributed by atoms with van der Waals surface area (Å²) >= 11 is 0. The molecule has 4 amide bonds. The Labute approximate surface area is 181 Å². The Morgan fingerprint density at radius 3 is 2.10 bits per heavy atom. The van der Waals surface area contributed by atoms with Gasteiger partial charge in [-0.25, -0.2) is 9.18 Å². The number of carbonyl (C=O) groups excluding carboxylic acids is 3. The molecule has 0 bridgehead atoms. The molecule has 3 rings (SSSR count). The van der Waals surface area contributed by atoms with Crippen LogP contribution in [0.5, 0.6) is 0 Å². The summed E-state index contributed by atoms with van der Waals surface area (Å²) in [5, 5.41) is 5.45. The molecule has 7 nitrogen and oxygen atoms in total. The first kappa shape index (κ1) is 22.3. The van der Waals surface area contributed by atoms with Crippen molar-refractivity contribution < 1.29 is 18.8 Å². The summed E-state index contributed by atoms with van der Waals surface area (Å²) < 4.78 is 14.0. The van der Waals surface area contributed by atoms with Crippen molar-refractivity contribution in [2.45, 2.75) is 26.3 Å². The Morgan fingerprint density at radius 2 is 1.48 bits per heavy atom. The van der Waals surface area contributed by atoms with Gasteiger partial charge in [0.15, 0.2) is 0 Å². The van der Waals surface area contributed by atoms with Gasteiger partial charge in [-0.1, -0.05) is 12.1 Å². The molecule has 1 aliphatic heterocycles. The van der Waals surface area contributed by atoms with E-state index in [0.29, 0.717) is 43.9 Å². The van der Waals surface area contributed by atoms with E-state index in [2.05, 4.69) is 10.6 Å². The second kappa shape index (κ2) is 10.1. The Hall–Kier alpha value is -3.42. The molecule has 0 saturated carbocycles. The van der Waals surface area contributed by atoms with Gasteiger partial charge in [0.1, 0.15) is 5.82 Å². The van der Waals surface area contributed by atoms with E-state index in [0.717, 1.165) is 0 Å². The summed E-state index contributed by atoms with van der Waals surface area (Å²) in [5.41, 5.74) is 1.14. The second-order valence-electron chi connectivity index (χ2n) is 7.75. The van der Waals surface area contributed by atoms with E-state index in [4.69, 9.17) is 0 Å². The van der Waals surface area contributed by atoms with Crippen LogP contribution >= 0.6 is 0 Å². The number of rotatable bonds is 4. The predicted octanol–water partition coefficient (Wildman–Crippen LogP) is 3.34. The third kappa shape index (κ3) is 5.81. The topological polar surface area (TPSA) is 81.8 Å². The number of hydrogen-bond donors (Lipinski definition) is 2. The molecule has 0 aliphatic carbocycles. The van der Waals surface area contributed by atoms with Crippen LogP contribution in [0.1, 0.15) is 41.0 Å². The molecular weight excluding hydrogens is 399 g/mol. The zero-order valence-electron chi connectivity index (χ0n) is 17.7. The van der Waals surface area contributed by atoms with Gasteiger partial charge < -0.3 is 20.4 Å². The summed E-state index contributed by atoms with van der Waals surface area (Å²) in [6.07, 6.45) is 0.612. The SMILES string of the molecule is CC(C)NC(=O)Nc1ccc(C(=O)N2CCCN(C(=O)c3ccccc3F)CC2)cc1. The van der Waals surface area contributed by atoms with E-state index in [1.165, 1.54) is 12.1 Å². The molecule has 0 aromatic heterocycles. The van der Waals surface area contributed by atoms with Crippen molar-refractivity contribution in [1.82, 2.24) is 15.1 Å². The first-order chi connectivity index (χ1) is 14.8.